The Morgan fingerprint density at radius 1 is 1.16 bits per heavy atom. The molecule has 0 unspecified atom stereocenters. The van der Waals surface area contributed by atoms with E-state index in [4.69, 9.17) is 16.1 Å². The minimum Gasteiger partial charge on any atom is -0.355 e. The van der Waals surface area contributed by atoms with E-state index < -0.39 is 44.4 Å². The van der Waals surface area contributed by atoms with Crippen LogP contribution in [0.1, 0.15) is 35.4 Å². The summed E-state index contributed by atoms with van der Waals surface area (Å²) in [6.45, 7) is 1.46. The van der Waals surface area contributed by atoms with Crippen LogP contribution in [0.25, 0.3) is 12.2 Å². The first-order valence-corrected chi connectivity index (χ1v) is 13.3. The SMILES string of the molecule is Cc1noc(C=Cc2ccccc2F)c1S(=O)(=O)N1CCC(C(=O)Nc2ccc(Cl)c(C(F)(F)F)c2)CC1. The highest BCUT2D eigenvalue weighted by molar-refractivity contribution is 7.89. The molecule has 2 aromatic carbocycles. The largest absolute Gasteiger partial charge is 0.417 e. The zero-order valence-corrected chi connectivity index (χ0v) is 21.5. The molecule has 1 saturated heterocycles. The lowest BCUT2D eigenvalue weighted by Gasteiger charge is -2.30. The number of alkyl halides is 3. The number of amides is 1. The van der Waals surface area contributed by atoms with E-state index in [1.54, 1.807) is 6.07 Å². The van der Waals surface area contributed by atoms with E-state index in [1.165, 1.54) is 47.6 Å². The highest BCUT2D eigenvalue weighted by Gasteiger charge is 2.37. The van der Waals surface area contributed by atoms with Gasteiger partial charge in [0.1, 0.15) is 11.5 Å². The van der Waals surface area contributed by atoms with Gasteiger partial charge >= 0.3 is 6.18 Å². The van der Waals surface area contributed by atoms with Crippen LogP contribution in [0.4, 0.5) is 23.2 Å². The molecule has 0 spiro atoms. The number of hydrogen-bond acceptors (Lipinski definition) is 5. The zero-order valence-electron chi connectivity index (χ0n) is 19.9. The highest BCUT2D eigenvalue weighted by Crippen LogP contribution is 2.36. The third-order valence-electron chi connectivity index (χ3n) is 6.11. The zero-order chi connectivity index (χ0) is 27.7. The number of piperidine rings is 1. The average Bonchev–Trinajstić information content (AvgIpc) is 3.25. The second kappa shape index (κ2) is 10.9. The van der Waals surface area contributed by atoms with Crippen molar-refractivity contribution in [2.75, 3.05) is 18.4 Å². The molecule has 0 atom stereocenters. The fourth-order valence-electron chi connectivity index (χ4n) is 4.13. The predicted molar refractivity (Wildman–Crippen MR) is 133 cm³/mol. The van der Waals surface area contributed by atoms with Gasteiger partial charge in [-0.05, 0) is 56.2 Å². The van der Waals surface area contributed by atoms with Gasteiger partial charge in [0.2, 0.25) is 15.9 Å². The van der Waals surface area contributed by atoms with Gasteiger partial charge in [-0.1, -0.05) is 35.0 Å². The summed E-state index contributed by atoms with van der Waals surface area (Å²) in [5, 5.41) is 5.73. The Kier molecular flexibility index (Phi) is 7.96. The molecule has 1 fully saturated rings. The van der Waals surface area contributed by atoms with Crippen LogP contribution in [0, 0.1) is 18.7 Å². The van der Waals surface area contributed by atoms with Crippen molar-refractivity contribution >= 4 is 45.4 Å². The number of halogens is 5. The maximum absolute atomic E-state index is 13.9. The summed E-state index contributed by atoms with van der Waals surface area (Å²) in [6, 6.07) is 9.02. The number of anilines is 1. The molecule has 0 bridgehead atoms. The first-order valence-electron chi connectivity index (χ1n) is 11.4. The van der Waals surface area contributed by atoms with Gasteiger partial charge < -0.3 is 9.84 Å². The number of rotatable bonds is 6. The third kappa shape index (κ3) is 5.92. The number of benzene rings is 2. The Labute approximate surface area is 221 Å². The van der Waals surface area contributed by atoms with Gasteiger partial charge in [-0.15, -0.1) is 0 Å². The first-order chi connectivity index (χ1) is 17.9. The number of hydrogen-bond donors (Lipinski definition) is 1. The van der Waals surface area contributed by atoms with E-state index >= 15 is 0 Å². The van der Waals surface area contributed by atoms with Gasteiger partial charge in [0, 0.05) is 30.3 Å². The van der Waals surface area contributed by atoms with Crippen molar-refractivity contribution in [3.63, 3.8) is 0 Å². The van der Waals surface area contributed by atoms with Crippen molar-refractivity contribution in [1.29, 1.82) is 0 Å². The summed E-state index contributed by atoms with van der Waals surface area (Å²) in [4.78, 5) is 12.5. The van der Waals surface area contributed by atoms with E-state index in [1.807, 2.05) is 0 Å². The number of aromatic nitrogens is 1. The van der Waals surface area contributed by atoms with E-state index in [9.17, 15) is 30.8 Å². The topological polar surface area (TPSA) is 92.5 Å². The monoisotopic (exact) mass is 571 g/mol. The minimum absolute atomic E-state index is 0.00404. The Bertz CT molecular complexity index is 1480. The number of nitrogens with zero attached hydrogens (tertiary/aromatic N) is 2. The van der Waals surface area contributed by atoms with Crippen molar-refractivity contribution in [3.8, 4) is 0 Å². The molecule has 0 saturated carbocycles. The number of carbonyl (C=O) groups excluding carboxylic acids is 1. The summed E-state index contributed by atoms with van der Waals surface area (Å²) in [5.74, 6) is -1.69. The molecule has 3 aromatic rings. The second-order valence-electron chi connectivity index (χ2n) is 8.68. The van der Waals surface area contributed by atoms with Gasteiger partial charge in [0.15, 0.2) is 10.7 Å². The molecule has 202 valence electrons. The van der Waals surface area contributed by atoms with Crippen LogP contribution in [0.5, 0.6) is 0 Å². The summed E-state index contributed by atoms with van der Waals surface area (Å²) in [5.41, 5.74) is -0.768. The lowest BCUT2D eigenvalue weighted by Crippen LogP contribution is -2.41. The van der Waals surface area contributed by atoms with Gasteiger partial charge in [-0.25, -0.2) is 12.8 Å². The minimum atomic E-state index is -4.68. The molecular weight excluding hydrogens is 550 g/mol. The molecule has 4 rings (SSSR count). The molecule has 1 aliphatic rings. The van der Waals surface area contributed by atoms with Crippen molar-refractivity contribution in [1.82, 2.24) is 9.46 Å². The smallest absolute Gasteiger partial charge is 0.355 e. The fourth-order valence-corrected chi connectivity index (χ4v) is 6.07. The van der Waals surface area contributed by atoms with Crippen molar-refractivity contribution in [2.45, 2.75) is 30.8 Å². The predicted octanol–water partition coefficient (Wildman–Crippen LogP) is 6.00. The Hall–Kier alpha value is -3.22. The third-order valence-corrected chi connectivity index (χ3v) is 8.50. The number of carbonyl (C=O) groups is 1. The maximum Gasteiger partial charge on any atom is 0.417 e. The second-order valence-corrected chi connectivity index (χ2v) is 11.0. The van der Waals surface area contributed by atoms with Crippen molar-refractivity contribution in [3.05, 3.63) is 75.9 Å². The number of sulfonamides is 1. The Morgan fingerprint density at radius 2 is 1.84 bits per heavy atom. The Balaban J connectivity index is 1.45. The van der Waals surface area contributed by atoms with Gasteiger partial charge in [0.25, 0.3) is 0 Å². The lowest BCUT2D eigenvalue weighted by molar-refractivity contribution is -0.137. The van der Waals surface area contributed by atoms with Crippen LogP contribution in [-0.4, -0.2) is 36.9 Å². The van der Waals surface area contributed by atoms with E-state index in [0.29, 0.717) is 0 Å². The van der Waals surface area contributed by atoms with Crippen molar-refractivity contribution < 1.29 is 35.3 Å². The van der Waals surface area contributed by atoms with Crippen molar-refractivity contribution in [2.24, 2.45) is 5.92 Å². The van der Waals surface area contributed by atoms with Crippen LogP contribution in [-0.2, 0) is 21.0 Å². The summed E-state index contributed by atoms with van der Waals surface area (Å²) in [6.07, 6.45) is -1.68. The van der Waals surface area contributed by atoms with Crippen LogP contribution < -0.4 is 5.32 Å². The van der Waals surface area contributed by atoms with E-state index in [-0.39, 0.29) is 53.5 Å². The molecule has 1 aliphatic heterocycles. The number of nitrogens with one attached hydrogen (secondary N) is 1. The molecule has 1 N–H and O–H groups in total. The van der Waals surface area contributed by atoms with Crippen LogP contribution in [0.3, 0.4) is 0 Å². The number of aryl methyl sites for hydroxylation is 1. The maximum atomic E-state index is 13.9. The van der Waals surface area contributed by atoms with Crippen LogP contribution in [0.15, 0.2) is 51.9 Å². The lowest BCUT2D eigenvalue weighted by atomic mass is 9.97. The standard InChI is InChI=1S/C25H22ClF4N3O4S/c1-15-23(22(37-32-15)9-6-16-4-2-3-5-21(16)27)38(35,36)33-12-10-17(11-13-33)24(34)31-18-7-8-20(26)19(14-18)25(28,29)30/h2-9,14,17H,10-13H2,1H3,(H,31,34). The normalized spacial score (nSPS) is 15.7. The van der Waals surface area contributed by atoms with Gasteiger partial charge in [-0.2, -0.15) is 17.5 Å². The van der Waals surface area contributed by atoms with Gasteiger partial charge in [-0.3, -0.25) is 4.79 Å². The highest BCUT2D eigenvalue weighted by atomic mass is 35.5. The molecule has 0 aliphatic carbocycles. The molecule has 38 heavy (non-hydrogen) atoms. The summed E-state index contributed by atoms with van der Waals surface area (Å²) in [7, 11) is -4.07. The molecule has 7 nitrogen and oxygen atoms in total. The van der Waals surface area contributed by atoms with Gasteiger partial charge in [0.05, 0.1) is 10.6 Å². The molecule has 1 aromatic heterocycles. The average molecular weight is 572 g/mol. The molecule has 0 radical (unpaired) electrons. The van der Waals surface area contributed by atoms with E-state index in [2.05, 4.69) is 10.5 Å². The Morgan fingerprint density at radius 3 is 2.50 bits per heavy atom. The summed E-state index contributed by atoms with van der Waals surface area (Å²) < 4.78 is 86.4. The first kappa shape index (κ1) is 27.8. The van der Waals surface area contributed by atoms with Crippen LogP contribution >= 0.6 is 11.6 Å². The summed E-state index contributed by atoms with van der Waals surface area (Å²) >= 11 is 5.62. The molecule has 1 amide bonds. The molecular formula is C25H22ClF4N3O4S. The van der Waals surface area contributed by atoms with Crippen LogP contribution in [0.2, 0.25) is 5.02 Å². The molecule has 13 heteroatoms. The van der Waals surface area contributed by atoms with E-state index in [0.717, 1.165) is 12.1 Å². The molecule has 2 heterocycles. The fraction of sp³-hybridized carbons (Fsp3) is 0.280. The quantitative estimate of drug-likeness (QED) is 0.366.